The average Bonchev–Trinajstić information content (AvgIpc) is 3.21. The first kappa shape index (κ1) is 24.9. The summed E-state index contributed by atoms with van der Waals surface area (Å²) in [5.41, 5.74) is 10.9. The van der Waals surface area contributed by atoms with Gasteiger partial charge in [0.05, 0.1) is 11.4 Å². The molecule has 4 heteroatoms. The van der Waals surface area contributed by atoms with Crippen LogP contribution in [0.1, 0.15) is 0 Å². The molecule has 0 spiro atoms. The van der Waals surface area contributed by atoms with Gasteiger partial charge in [0.25, 0.3) is 0 Å². The van der Waals surface area contributed by atoms with Crippen LogP contribution in [0.2, 0.25) is 0 Å². The first-order valence-corrected chi connectivity index (χ1v) is 14.4. The zero-order valence-corrected chi connectivity index (χ0v) is 23.3. The van der Waals surface area contributed by atoms with E-state index in [1.54, 1.807) is 0 Å². The molecule has 6 aromatic carbocycles. The van der Waals surface area contributed by atoms with Crippen molar-refractivity contribution < 1.29 is 0 Å². The Balaban J connectivity index is 1.39. The van der Waals surface area contributed by atoms with Gasteiger partial charge in [0, 0.05) is 33.5 Å². The van der Waals surface area contributed by atoms with Gasteiger partial charge in [-0.05, 0) is 35.4 Å². The lowest BCUT2D eigenvalue weighted by molar-refractivity contribution is 1.07. The molecule has 0 aliphatic carbocycles. The summed E-state index contributed by atoms with van der Waals surface area (Å²) in [5.74, 6) is 1.93. The second kappa shape index (κ2) is 10.5. The zero-order chi connectivity index (χ0) is 28.6. The minimum atomic E-state index is 0.634. The Labute approximate surface area is 250 Å². The number of aromatic nitrogens is 3. The van der Waals surface area contributed by atoms with Gasteiger partial charge < -0.3 is 4.90 Å². The van der Waals surface area contributed by atoms with Gasteiger partial charge in [-0.15, -0.1) is 0 Å². The van der Waals surface area contributed by atoms with Gasteiger partial charge in [0.2, 0.25) is 0 Å². The van der Waals surface area contributed by atoms with Crippen molar-refractivity contribution in [2.45, 2.75) is 0 Å². The van der Waals surface area contributed by atoms with Gasteiger partial charge in [0.1, 0.15) is 0 Å². The molecule has 43 heavy (non-hydrogen) atoms. The largest absolute Gasteiger partial charge is 0.309 e. The molecule has 0 unspecified atom stereocenters. The zero-order valence-electron chi connectivity index (χ0n) is 23.3. The Kier molecular flexibility index (Phi) is 6.08. The van der Waals surface area contributed by atoms with E-state index in [2.05, 4.69) is 102 Å². The lowest BCUT2D eigenvalue weighted by Crippen LogP contribution is -2.11. The maximum absolute atomic E-state index is 5.02. The molecule has 1 aliphatic rings. The second-order valence-electron chi connectivity index (χ2n) is 10.5. The number of rotatable bonds is 4. The smallest absolute Gasteiger partial charge is 0.164 e. The first-order valence-electron chi connectivity index (χ1n) is 14.4. The summed E-state index contributed by atoms with van der Waals surface area (Å²) < 4.78 is 0. The van der Waals surface area contributed by atoms with Gasteiger partial charge >= 0.3 is 0 Å². The van der Waals surface area contributed by atoms with E-state index in [-0.39, 0.29) is 0 Å². The van der Waals surface area contributed by atoms with Crippen LogP contribution in [0.25, 0.3) is 56.4 Å². The highest BCUT2D eigenvalue weighted by molar-refractivity contribution is 6.03. The monoisotopic (exact) mass is 550 g/mol. The van der Waals surface area contributed by atoms with Gasteiger partial charge in [0.15, 0.2) is 17.5 Å². The molecule has 0 saturated heterocycles. The van der Waals surface area contributed by atoms with Crippen LogP contribution in [-0.4, -0.2) is 15.0 Å². The molecule has 8 rings (SSSR count). The van der Waals surface area contributed by atoms with E-state index >= 15 is 0 Å². The predicted octanol–water partition coefficient (Wildman–Crippen LogP) is 9.99. The highest BCUT2D eigenvalue weighted by atomic mass is 15.2. The number of anilines is 3. The van der Waals surface area contributed by atoms with E-state index in [0.29, 0.717) is 17.5 Å². The topological polar surface area (TPSA) is 41.9 Å². The molecule has 0 bridgehead atoms. The van der Waals surface area contributed by atoms with Gasteiger partial charge in [-0.3, -0.25) is 0 Å². The van der Waals surface area contributed by atoms with Crippen LogP contribution < -0.4 is 4.90 Å². The normalized spacial score (nSPS) is 11.7. The van der Waals surface area contributed by atoms with Crippen molar-refractivity contribution >= 4 is 17.1 Å². The summed E-state index contributed by atoms with van der Waals surface area (Å²) in [4.78, 5) is 17.3. The average molecular weight is 551 g/mol. The van der Waals surface area contributed by atoms with Crippen molar-refractivity contribution in [2.75, 3.05) is 4.90 Å². The number of hydrogen-bond acceptors (Lipinski definition) is 4. The summed E-state index contributed by atoms with van der Waals surface area (Å²) in [6, 6.07) is 54.6. The lowest BCUT2D eigenvalue weighted by atomic mass is 9.94. The van der Waals surface area contributed by atoms with E-state index < -0.39 is 0 Å². The van der Waals surface area contributed by atoms with Crippen LogP contribution >= 0.6 is 0 Å². The van der Waals surface area contributed by atoms with Crippen LogP contribution in [0.3, 0.4) is 0 Å². The Morgan fingerprint density at radius 3 is 1.35 bits per heavy atom. The third kappa shape index (κ3) is 4.46. The minimum Gasteiger partial charge on any atom is -0.309 e. The van der Waals surface area contributed by atoms with Crippen molar-refractivity contribution in [3.63, 3.8) is 0 Å². The molecule has 1 aliphatic heterocycles. The van der Waals surface area contributed by atoms with E-state index in [1.807, 2.05) is 60.7 Å². The summed E-state index contributed by atoms with van der Waals surface area (Å²) in [7, 11) is 0. The van der Waals surface area contributed by atoms with Crippen LogP contribution in [0.5, 0.6) is 0 Å². The second-order valence-corrected chi connectivity index (χ2v) is 10.5. The SMILES string of the molecule is c1ccc(-c2nc(-c3ccccc3)nc(-c3ccc4c(c3)N(c3ccccc3)c3ccccc3-c3ccccc3-4)n2)cc1. The summed E-state index contributed by atoms with van der Waals surface area (Å²) >= 11 is 0. The Bertz CT molecular complexity index is 2020. The molecular weight excluding hydrogens is 524 g/mol. The molecule has 0 fully saturated rings. The quantitative estimate of drug-likeness (QED) is 0.219. The molecule has 7 aromatic rings. The highest BCUT2D eigenvalue weighted by Crippen LogP contribution is 2.51. The third-order valence-corrected chi connectivity index (χ3v) is 7.86. The number of fused-ring (bicyclic) bond motifs is 5. The van der Waals surface area contributed by atoms with Gasteiger partial charge in [-0.25, -0.2) is 15.0 Å². The molecule has 0 atom stereocenters. The summed E-state index contributed by atoms with van der Waals surface area (Å²) in [6.45, 7) is 0. The van der Waals surface area contributed by atoms with Crippen molar-refractivity contribution in [1.29, 1.82) is 0 Å². The maximum atomic E-state index is 5.02. The van der Waals surface area contributed by atoms with E-state index in [4.69, 9.17) is 15.0 Å². The molecule has 4 nitrogen and oxygen atoms in total. The number of para-hydroxylation sites is 2. The fourth-order valence-corrected chi connectivity index (χ4v) is 5.86. The van der Waals surface area contributed by atoms with E-state index in [0.717, 1.165) is 39.3 Å². The van der Waals surface area contributed by atoms with Crippen LogP contribution in [0.15, 0.2) is 158 Å². The molecular formula is C39H26N4. The lowest BCUT2D eigenvalue weighted by Gasteiger charge is -2.27. The third-order valence-electron chi connectivity index (χ3n) is 7.86. The Morgan fingerprint density at radius 1 is 0.326 bits per heavy atom. The van der Waals surface area contributed by atoms with Crippen LogP contribution in [0, 0.1) is 0 Å². The summed E-state index contributed by atoms with van der Waals surface area (Å²) in [6.07, 6.45) is 0. The Morgan fingerprint density at radius 2 is 0.767 bits per heavy atom. The van der Waals surface area contributed by atoms with Crippen LogP contribution in [-0.2, 0) is 0 Å². The standard InChI is InChI=1S/C39H26N4/c1-4-14-27(15-5-1)37-40-38(28-16-6-2-7-17-28)42-39(41-37)29-24-25-34-32-21-11-10-20-31(32)33-22-12-13-23-35(33)43(36(34)26-29)30-18-8-3-9-19-30/h1-26H. The van der Waals surface area contributed by atoms with Crippen molar-refractivity contribution in [1.82, 2.24) is 15.0 Å². The molecule has 0 amide bonds. The maximum Gasteiger partial charge on any atom is 0.164 e. The molecule has 0 N–H and O–H groups in total. The van der Waals surface area contributed by atoms with Crippen molar-refractivity contribution in [3.8, 4) is 56.4 Å². The fourth-order valence-electron chi connectivity index (χ4n) is 5.86. The van der Waals surface area contributed by atoms with E-state index in [1.165, 1.54) is 16.7 Å². The molecule has 2 heterocycles. The van der Waals surface area contributed by atoms with Gasteiger partial charge in [-0.2, -0.15) is 0 Å². The molecule has 0 radical (unpaired) electrons. The number of benzene rings is 6. The molecule has 1 aromatic heterocycles. The van der Waals surface area contributed by atoms with Crippen LogP contribution in [0.4, 0.5) is 17.1 Å². The first-order chi connectivity index (χ1) is 21.3. The fraction of sp³-hybridized carbons (Fsp3) is 0. The summed E-state index contributed by atoms with van der Waals surface area (Å²) in [5, 5.41) is 0. The Hall–Kier alpha value is -5.87. The van der Waals surface area contributed by atoms with Gasteiger partial charge in [-0.1, -0.05) is 133 Å². The number of nitrogens with zero attached hydrogens (tertiary/aromatic N) is 4. The minimum absolute atomic E-state index is 0.634. The predicted molar refractivity (Wildman–Crippen MR) is 175 cm³/mol. The van der Waals surface area contributed by atoms with Crippen molar-refractivity contribution in [3.05, 3.63) is 158 Å². The highest BCUT2D eigenvalue weighted by Gasteiger charge is 2.26. The van der Waals surface area contributed by atoms with Crippen molar-refractivity contribution in [2.24, 2.45) is 0 Å². The molecule has 202 valence electrons. The molecule has 0 saturated carbocycles. The van der Waals surface area contributed by atoms with E-state index in [9.17, 15) is 0 Å². The number of hydrogen-bond donors (Lipinski definition) is 0.